The molecule has 3 aromatic rings. The molecule has 0 aliphatic rings. The molecule has 0 radical (unpaired) electrons. The number of aromatic nitrogens is 4. The van der Waals surface area contributed by atoms with Gasteiger partial charge in [0.05, 0.1) is 0 Å². The first kappa shape index (κ1) is 15.5. The molecule has 24 heavy (non-hydrogen) atoms. The van der Waals surface area contributed by atoms with Gasteiger partial charge in [-0.05, 0) is 44.2 Å². The Bertz CT molecular complexity index is 935. The third-order valence-corrected chi connectivity index (χ3v) is 3.22. The fraction of sp³-hybridized carbons (Fsp3) is 0.133. The summed E-state index contributed by atoms with van der Waals surface area (Å²) in [5.74, 6) is -1.56. The van der Waals surface area contributed by atoms with Gasteiger partial charge in [-0.3, -0.25) is 20.4 Å². The molecule has 2 N–H and O–H groups in total. The smallest absolute Gasteiger partial charge is 0.267 e. The van der Waals surface area contributed by atoms with E-state index in [-0.39, 0.29) is 11.4 Å². The summed E-state index contributed by atoms with van der Waals surface area (Å²) < 4.78 is 14.3. The molecule has 8 nitrogen and oxygen atoms in total. The Morgan fingerprint density at radius 3 is 2.42 bits per heavy atom. The van der Waals surface area contributed by atoms with Gasteiger partial charge in [-0.2, -0.15) is 4.98 Å². The highest BCUT2D eigenvalue weighted by atomic mass is 19.1. The SMILES string of the molecule is Cc1cc(C)n2nc(C(=O)NNC(=O)c3ccc(F)cc3)nc2n1. The lowest BCUT2D eigenvalue weighted by atomic mass is 10.2. The first-order valence-electron chi connectivity index (χ1n) is 7.01. The van der Waals surface area contributed by atoms with Gasteiger partial charge in [-0.1, -0.05) is 0 Å². The zero-order valence-corrected chi connectivity index (χ0v) is 12.9. The van der Waals surface area contributed by atoms with Gasteiger partial charge in [0.25, 0.3) is 11.7 Å². The van der Waals surface area contributed by atoms with Gasteiger partial charge in [0, 0.05) is 17.0 Å². The summed E-state index contributed by atoms with van der Waals surface area (Å²) in [5.41, 5.74) is 6.16. The van der Waals surface area contributed by atoms with E-state index in [9.17, 15) is 14.0 Å². The van der Waals surface area contributed by atoms with E-state index in [0.717, 1.165) is 23.5 Å². The van der Waals surface area contributed by atoms with Gasteiger partial charge in [0.15, 0.2) is 0 Å². The number of hydrogen-bond donors (Lipinski definition) is 2. The van der Waals surface area contributed by atoms with Gasteiger partial charge in [-0.25, -0.2) is 13.9 Å². The van der Waals surface area contributed by atoms with Gasteiger partial charge in [-0.15, -0.1) is 5.10 Å². The first-order valence-corrected chi connectivity index (χ1v) is 7.01. The Labute approximate surface area is 135 Å². The van der Waals surface area contributed by atoms with E-state index in [1.54, 1.807) is 6.07 Å². The molecule has 0 aliphatic heterocycles. The molecule has 122 valence electrons. The van der Waals surface area contributed by atoms with Crippen molar-refractivity contribution in [3.63, 3.8) is 0 Å². The number of benzene rings is 1. The summed E-state index contributed by atoms with van der Waals surface area (Å²) in [4.78, 5) is 32.1. The Morgan fingerprint density at radius 2 is 1.71 bits per heavy atom. The Hall–Kier alpha value is -3.36. The second-order valence-corrected chi connectivity index (χ2v) is 5.10. The number of nitrogens with one attached hydrogen (secondary N) is 2. The maximum Gasteiger partial charge on any atom is 0.309 e. The highest BCUT2D eigenvalue weighted by Gasteiger charge is 2.16. The molecule has 0 saturated heterocycles. The monoisotopic (exact) mass is 328 g/mol. The predicted octanol–water partition coefficient (Wildman–Crippen LogP) is 0.955. The lowest BCUT2D eigenvalue weighted by Gasteiger charge is -2.05. The summed E-state index contributed by atoms with van der Waals surface area (Å²) in [7, 11) is 0. The number of rotatable bonds is 2. The quantitative estimate of drug-likeness (QED) is 0.682. The van der Waals surface area contributed by atoms with Gasteiger partial charge < -0.3 is 0 Å². The third kappa shape index (κ3) is 3.05. The van der Waals surface area contributed by atoms with Crippen molar-refractivity contribution in [2.45, 2.75) is 13.8 Å². The van der Waals surface area contributed by atoms with Gasteiger partial charge >= 0.3 is 5.91 Å². The van der Waals surface area contributed by atoms with Crippen LogP contribution in [0.2, 0.25) is 0 Å². The Balaban J connectivity index is 1.72. The highest BCUT2D eigenvalue weighted by Crippen LogP contribution is 2.05. The summed E-state index contributed by atoms with van der Waals surface area (Å²) in [6.45, 7) is 3.62. The molecular formula is C15H13FN6O2. The lowest BCUT2D eigenvalue weighted by Crippen LogP contribution is -2.42. The van der Waals surface area contributed by atoms with Crippen molar-refractivity contribution in [3.8, 4) is 0 Å². The molecule has 0 aliphatic carbocycles. The minimum Gasteiger partial charge on any atom is -0.267 e. The van der Waals surface area contributed by atoms with Crippen LogP contribution in [0.5, 0.6) is 0 Å². The van der Waals surface area contributed by atoms with Crippen molar-refractivity contribution < 1.29 is 14.0 Å². The summed E-state index contributed by atoms with van der Waals surface area (Å²) in [6, 6.07) is 6.71. The van der Waals surface area contributed by atoms with Crippen molar-refractivity contribution >= 4 is 17.6 Å². The molecule has 0 spiro atoms. The molecule has 2 amide bonds. The maximum atomic E-state index is 12.8. The molecular weight excluding hydrogens is 315 g/mol. The van der Waals surface area contributed by atoms with Crippen LogP contribution >= 0.6 is 0 Å². The van der Waals surface area contributed by atoms with Crippen molar-refractivity contribution in [1.29, 1.82) is 0 Å². The molecule has 2 aromatic heterocycles. The molecule has 1 aromatic carbocycles. The number of halogens is 1. The van der Waals surface area contributed by atoms with Gasteiger partial charge in [0.2, 0.25) is 5.82 Å². The Kier molecular flexibility index (Phi) is 3.90. The number of hydrazine groups is 1. The van der Waals surface area contributed by atoms with Crippen LogP contribution in [0.15, 0.2) is 30.3 Å². The summed E-state index contributed by atoms with van der Waals surface area (Å²) >= 11 is 0. The van der Waals surface area contributed by atoms with Crippen LogP contribution in [-0.4, -0.2) is 31.4 Å². The van der Waals surface area contributed by atoms with Crippen LogP contribution < -0.4 is 10.9 Å². The van der Waals surface area contributed by atoms with Gasteiger partial charge in [0.1, 0.15) is 5.82 Å². The van der Waals surface area contributed by atoms with Crippen molar-refractivity contribution in [1.82, 2.24) is 30.4 Å². The summed E-state index contributed by atoms with van der Waals surface area (Å²) in [6.07, 6.45) is 0. The minimum absolute atomic E-state index is 0.129. The average molecular weight is 328 g/mol. The standard InChI is InChI=1S/C15H13FN6O2/c1-8-7-9(2)22-15(17-8)18-12(21-22)14(24)20-19-13(23)10-3-5-11(16)6-4-10/h3-7H,1-2H3,(H,19,23)(H,20,24). The largest absolute Gasteiger partial charge is 0.309 e. The zero-order chi connectivity index (χ0) is 17.3. The average Bonchev–Trinajstić information content (AvgIpc) is 2.97. The van der Waals surface area contributed by atoms with Crippen molar-refractivity contribution in [3.05, 3.63) is 58.9 Å². The van der Waals surface area contributed by atoms with Crippen LogP contribution in [0.3, 0.4) is 0 Å². The number of aryl methyl sites for hydroxylation is 2. The maximum absolute atomic E-state index is 12.8. The lowest BCUT2D eigenvalue weighted by molar-refractivity contribution is 0.0841. The number of nitrogens with zero attached hydrogens (tertiary/aromatic N) is 4. The molecule has 0 fully saturated rings. The number of carbonyl (C=O) groups excluding carboxylic acids is 2. The van der Waals surface area contributed by atoms with Crippen molar-refractivity contribution in [2.75, 3.05) is 0 Å². The van der Waals surface area contributed by atoms with E-state index in [1.165, 1.54) is 16.6 Å². The summed E-state index contributed by atoms with van der Waals surface area (Å²) in [5, 5.41) is 4.05. The van der Waals surface area contributed by atoms with Crippen LogP contribution in [0, 0.1) is 19.7 Å². The van der Waals surface area contributed by atoms with E-state index in [2.05, 4.69) is 25.9 Å². The number of amides is 2. The number of hydrogen-bond acceptors (Lipinski definition) is 5. The van der Waals surface area contributed by atoms with Crippen molar-refractivity contribution in [2.24, 2.45) is 0 Å². The molecule has 9 heteroatoms. The first-order chi connectivity index (χ1) is 11.4. The third-order valence-electron chi connectivity index (χ3n) is 3.22. The van der Waals surface area contributed by atoms with Crippen LogP contribution in [0.4, 0.5) is 4.39 Å². The zero-order valence-electron chi connectivity index (χ0n) is 12.9. The molecule has 0 atom stereocenters. The van der Waals surface area contributed by atoms with E-state index in [4.69, 9.17) is 0 Å². The second kappa shape index (κ2) is 6.03. The second-order valence-electron chi connectivity index (χ2n) is 5.10. The van der Waals surface area contributed by atoms with E-state index in [1.807, 2.05) is 13.8 Å². The van der Waals surface area contributed by atoms with E-state index in [0.29, 0.717) is 5.78 Å². The predicted molar refractivity (Wildman–Crippen MR) is 81.6 cm³/mol. The fourth-order valence-electron chi connectivity index (χ4n) is 2.11. The minimum atomic E-state index is -0.687. The molecule has 0 bridgehead atoms. The number of fused-ring (bicyclic) bond motifs is 1. The number of carbonyl (C=O) groups is 2. The highest BCUT2D eigenvalue weighted by molar-refractivity contribution is 5.97. The van der Waals surface area contributed by atoms with Crippen LogP contribution in [-0.2, 0) is 0 Å². The van der Waals surface area contributed by atoms with Crippen LogP contribution in [0.1, 0.15) is 32.4 Å². The molecule has 0 unspecified atom stereocenters. The Morgan fingerprint density at radius 1 is 1.04 bits per heavy atom. The fourth-order valence-corrected chi connectivity index (χ4v) is 2.11. The molecule has 2 heterocycles. The van der Waals surface area contributed by atoms with E-state index >= 15 is 0 Å². The molecule has 3 rings (SSSR count). The molecule has 0 saturated carbocycles. The normalized spacial score (nSPS) is 10.6. The van der Waals surface area contributed by atoms with E-state index < -0.39 is 17.6 Å². The topological polar surface area (TPSA) is 101 Å². The van der Waals surface area contributed by atoms with Crippen LogP contribution in [0.25, 0.3) is 5.78 Å².